The fraction of sp³-hybridized carbons (Fsp3) is 0.444. The largest absolute Gasteiger partial charge is 0.399 e. The summed E-state index contributed by atoms with van der Waals surface area (Å²) in [6.45, 7) is 6.14. The number of fused-ring (bicyclic) bond motifs is 1. The van der Waals surface area contributed by atoms with Gasteiger partial charge in [0.15, 0.2) is 11.2 Å². The van der Waals surface area contributed by atoms with Gasteiger partial charge in [-0.3, -0.25) is 13.9 Å². The first-order chi connectivity index (χ1) is 17.9. The summed E-state index contributed by atoms with van der Waals surface area (Å²) in [5.41, 5.74) is 8.80. The van der Waals surface area contributed by atoms with Gasteiger partial charge >= 0.3 is 5.69 Å². The smallest absolute Gasteiger partial charge is 0.332 e. The molecule has 0 aliphatic carbocycles. The van der Waals surface area contributed by atoms with Crippen LogP contribution in [0.4, 0.5) is 5.69 Å². The number of nitrogens with two attached hydrogens (primary N) is 1. The predicted molar refractivity (Wildman–Crippen MR) is 146 cm³/mol. The number of aryl methyl sites for hydroxylation is 2. The van der Waals surface area contributed by atoms with Crippen LogP contribution in [0, 0.1) is 0 Å². The Kier molecular flexibility index (Phi) is 8.62. The van der Waals surface area contributed by atoms with Gasteiger partial charge in [-0.15, -0.1) is 0 Å². The quantitative estimate of drug-likeness (QED) is 0.161. The van der Waals surface area contributed by atoms with Gasteiger partial charge in [0, 0.05) is 57.2 Å². The maximum atomic E-state index is 13.6. The number of aliphatic hydroxyl groups is 1. The zero-order valence-corrected chi connectivity index (χ0v) is 21.6. The van der Waals surface area contributed by atoms with Crippen molar-refractivity contribution >= 4 is 16.9 Å². The molecule has 5 N–H and O–H groups in total. The van der Waals surface area contributed by atoms with Gasteiger partial charge in [-0.05, 0) is 48.6 Å². The molecule has 198 valence electrons. The van der Waals surface area contributed by atoms with E-state index in [0.29, 0.717) is 75.3 Å². The first kappa shape index (κ1) is 26.4. The molecule has 0 radical (unpaired) electrons. The second-order valence-electron chi connectivity index (χ2n) is 9.40. The van der Waals surface area contributed by atoms with E-state index in [-0.39, 0.29) is 11.2 Å². The van der Waals surface area contributed by atoms with Crippen LogP contribution in [-0.4, -0.2) is 48.0 Å². The third-order valence-electron chi connectivity index (χ3n) is 6.63. The van der Waals surface area contributed by atoms with Gasteiger partial charge in [0.25, 0.3) is 5.56 Å². The Morgan fingerprint density at radius 2 is 1.81 bits per heavy atom. The fourth-order valence-electron chi connectivity index (χ4n) is 4.51. The molecule has 1 aromatic carbocycles. The van der Waals surface area contributed by atoms with E-state index in [0.717, 1.165) is 17.0 Å². The fourth-order valence-corrected chi connectivity index (χ4v) is 4.51. The number of anilines is 1. The Morgan fingerprint density at radius 1 is 1.03 bits per heavy atom. The van der Waals surface area contributed by atoms with Crippen molar-refractivity contribution in [2.75, 3.05) is 18.8 Å². The van der Waals surface area contributed by atoms with Crippen molar-refractivity contribution < 1.29 is 5.11 Å². The second kappa shape index (κ2) is 12.1. The number of aliphatic hydroxyl groups excluding tert-OH is 1. The molecule has 10 heteroatoms. The van der Waals surface area contributed by atoms with Crippen LogP contribution in [-0.2, 0) is 32.5 Å². The number of aromatic nitrogens is 5. The van der Waals surface area contributed by atoms with E-state index in [1.807, 2.05) is 61.1 Å². The number of H-pyrrole nitrogens is 1. The Balaban J connectivity index is 1.78. The van der Waals surface area contributed by atoms with Crippen LogP contribution < -0.4 is 22.3 Å². The number of rotatable bonds is 13. The van der Waals surface area contributed by atoms with Gasteiger partial charge in [-0.2, -0.15) is 0 Å². The van der Waals surface area contributed by atoms with Gasteiger partial charge in [-0.1, -0.05) is 26.0 Å². The molecule has 1 atom stereocenters. The molecule has 0 amide bonds. The molecule has 0 saturated heterocycles. The molecule has 0 aliphatic rings. The standard InChI is InChI=1S/C27H37N7O3/c1-3-13-34-26(36)24-25(33(27(34)37)14-10-19-5-7-21(28)8-6-19)31-23(16-20-9-11-29-17-20)32(24)15-12-30-18-22(35)4-2/h5-9,11,17,22,29-30,35H,3-4,10,12-16,18,28H2,1-2H3. The SMILES string of the molecule is CCCn1c(=O)c2c(nc(Cc3cc[nH]c3)n2CCNCC(O)CC)n(CCc2ccc(N)cc2)c1=O. The molecule has 4 aromatic rings. The first-order valence-corrected chi connectivity index (χ1v) is 13.0. The molecule has 0 bridgehead atoms. The highest BCUT2D eigenvalue weighted by atomic mass is 16.3. The van der Waals surface area contributed by atoms with Crippen molar-refractivity contribution in [2.24, 2.45) is 0 Å². The summed E-state index contributed by atoms with van der Waals surface area (Å²) >= 11 is 0. The highest BCUT2D eigenvalue weighted by Crippen LogP contribution is 2.16. The molecular weight excluding hydrogens is 470 g/mol. The molecule has 0 fully saturated rings. The summed E-state index contributed by atoms with van der Waals surface area (Å²) in [5, 5.41) is 13.2. The number of aromatic amines is 1. The zero-order valence-electron chi connectivity index (χ0n) is 21.6. The van der Waals surface area contributed by atoms with Gasteiger partial charge < -0.3 is 25.7 Å². The van der Waals surface area contributed by atoms with Crippen LogP contribution in [0.15, 0.2) is 52.3 Å². The average molecular weight is 508 g/mol. The normalized spacial score (nSPS) is 12.4. The van der Waals surface area contributed by atoms with E-state index in [1.54, 1.807) is 4.57 Å². The van der Waals surface area contributed by atoms with Crippen molar-refractivity contribution in [3.63, 3.8) is 0 Å². The summed E-state index contributed by atoms with van der Waals surface area (Å²) in [7, 11) is 0. The van der Waals surface area contributed by atoms with Gasteiger partial charge in [0.05, 0.1) is 6.10 Å². The van der Waals surface area contributed by atoms with Crippen molar-refractivity contribution in [3.05, 3.63) is 80.5 Å². The van der Waals surface area contributed by atoms with Crippen LogP contribution >= 0.6 is 0 Å². The highest BCUT2D eigenvalue weighted by Gasteiger charge is 2.21. The lowest BCUT2D eigenvalue weighted by atomic mass is 10.1. The molecule has 3 heterocycles. The molecule has 3 aromatic heterocycles. The van der Waals surface area contributed by atoms with Gasteiger partial charge in [0.2, 0.25) is 0 Å². The van der Waals surface area contributed by atoms with Crippen molar-refractivity contribution in [1.82, 2.24) is 29.0 Å². The Bertz CT molecular complexity index is 1420. The Labute approximate surface area is 215 Å². The van der Waals surface area contributed by atoms with E-state index in [9.17, 15) is 14.7 Å². The van der Waals surface area contributed by atoms with E-state index >= 15 is 0 Å². The maximum Gasteiger partial charge on any atom is 0.332 e. The number of nitrogens with zero attached hydrogens (tertiary/aromatic N) is 4. The average Bonchev–Trinajstić information content (AvgIpc) is 3.53. The summed E-state index contributed by atoms with van der Waals surface area (Å²) in [6.07, 6.45) is 5.81. The number of imidazole rings is 1. The lowest BCUT2D eigenvalue weighted by Crippen LogP contribution is -2.41. The van der Waals surface area contributed by atoms with Crippen LogP contribution in [0.2, 0.25) is 0 Å². The molecule has 0 saturated carbocycles. The maximum absolute atomic E-state index is 13.6. The lowest BCUT2D eigenvalue weighted by Gasteiger charge is -2.14. The molecule has 0 spiro atoms. The summed E-state index contributed by atoms with van der Waals surface area (Å²) in [6, 6.07) is 9.57. The highest BCUT2D eigenvalue weighted by molar-refractivity contribution is 5.71. The third-order valence-corrected chi connectivity index (χ3v) is 6.63. The van der Waals surface area contributed by atoms with Crippen molar-refractivity contribution in [2.45, 2.75) is 65.3 Å². The van der Waals surface area contributed by atoms with Crippen LogP contribution in [0.1, 0.15) is 43.6 Å². The van der Waals surface area contributed by atoms with E-state index in [2.05, 4.69) is 10.3 Å². The molecule has 4 rings (SSSR count). The van der Waals surface area contributed by atoms with E-state index < -0.39 is 6.10 Å². The Hall–Kier alpha value is -3.63. The number of nitrogen functional groups attached to an aromatic ring is 1. The molecule has 0 aliphatic heterocycles. The van der Waals surface area contributed by atoms with Crippen LogP contribution in [0.3, 0.4) is 0 Å². The van der Waals surface area contributed by atoms with Crippen molar-refractivity contribution in [1.29, 1.82) is 0 Å². The second-order valence-corrected chi connectivity index (χ2v) is 9.40. The molecule has 10 nitrogen and oxygen atoms in total. The molecule has 37 heavy (non-hydrogen) atoms. The minimum absolute atomic E-state index is 0.313. The van der Waals surface area contributed by atoms with Gasteiger partial charge in [-0.25, -0.2) is 9.78 Å². The minimum atomic E-state index is -0.417. The van der Waals surface area contributed by atoms with Crippen LogP contribution in [0.25, 0.3) is 11.2 Å². The minimum Gasteiger partial charge on any atom is -0.399 e. The predicted octanol–water partition coefficient (Wildman–Crippen LogP) is 1.87. The monoisotopic (exact) mass is 507 g/mol. The van der Waals surface area contributed by atoms with Crippen molar-refractivity contribution in [3.8, 4) is 0 Å². The van der Waals surface area contributed by atoms with Crippen LogP contribution in [0.5, 0.6) is 0 Å². The number of hydrogen-bond acceptors (Lipinski definition) is 6. The van der Waals surface area contributed by atoms with Gasteiger partial charge in [0.1, 0.15) is 5.82 Å². The molecule has 1 unspecified atom stereocenters. The zero-order chi connectivity index (χ0) is 26.4. The number of hydrogen-bond donors (Lipinski definition) is 4. The van der Waals surface area contributed by atoms with E-state index in [4.69, 9.17) is 10.7 Å². The first-order valence-electron chi connectivity index (χ1n) is 13.0. The lowest BCUT2D eigenvalue weighted by molar-refractivity contribution is 0.167. The summed E-state index contributed by atoms with van der Waals surface area (Å²) < 4.78 is 4.90. The number of benzene rings is 1. The topological polar surface area (TPSA) is 136 Å². The third kappa shape index (κ3) is 6.03. The summed E-state index contributed by atoms with van der Waals surface area (Å²) in [5.74, 6) is 0.722. The molecular formula is C27H37N7O3. The van der Waals surface area contributed by atoms with E-state index in [1.165, 1.54) is 4.57 Å². The summed E-state index contributed by atoms with van der Waals surface area (Å²) in [4.78, 5) is 35.1. The Morgan fingerprint density at radius 3 is 2.49 bits per heavy atom. The number of nitrogens with one attached hydrogen (secondary N) is 2.